The molecule has 0 aliphatic rings. The van der Waals surface area contributed by atoms with Gasteiger partial charge in [0.15, 0.2) is 0 Å². The van der Waals surface area contributed by atoms with E-state index in [0.717, 1.165) is 23.0 Å². The molecule has 2 aromatic carbocycles. The second-order valence-corrected chi connectivity index (χ2v) is 6.02. The van der Waals surface area contributed by atoms with Gasteiger partial charge in [0, 0.05) is 29.7 Å². The summed E-state index contributed by atoms with van der Waals surface area (Å²) in [5, 5.41) is 4.10. The number of hydrogen-bond acceptors (Lipinski definition) is 3. The second kappa shape index (κ2) is 7.19. The Kier molecular flexibility index (Phi) is 4.43. The zero-order valence-electron chi connectivity index (χ0n) is 14.1. The van der Waals surface area contributed by atoms with E-state index < -0.39 is 0 Å². The molecular formula is C21H18N4O. The van der Waals surface area contributed by atoms with Crippen LogP contribution in [0.4, 0.5) is 0 Å². The van der Waals surface area contributed by atoms with Crippen LogP contribution in [0.25, 0.3) is 28.0 Å². The SMILES string of the molecule is O=C(/C=C/c1cnc2ccccc2n1)NCCc1c[nH]c2ccccc12. The zero-order chi connectivity index (χ0) is 17.8. The first-order valence-electron chi connectivity index (χ1n) is 8.52. The predicted octanol–water partition coefficient (Wildman–Crippen LogP) is 3.48. The summed E-state index contributed by atoms with van der Waals surface area (Å²) in [5.74, 6) is -0.139. The average molecular weight is 342 g/mol. The Bertz CT molecular complexity index is 1100. The monoisotopic (exact) mass is 342 g/mol. The van der Waals surface area contributed by atoms with Crippen molar-refractivity contribution >= 4 is 33.9 Å². The average Bonchev–Trinajstić information content (AvgIpc) is 3.09. The Morgan fingerprint density at radius 3 is 2.81 bits per heavy atom. The van der Waals surface area contributed by atoms with E-state index in [1.165, 1.54) is 17.0 Å². The minimum Gasteiger partial charge on any atom is -0.361 e. The molecule has 1 amide bonds. The second-order valence-electron chi connectivity index (χ2n) is 6.02. The third kappa shape index (κ3) is 3.47. The highest BCUT2D eigenvalue weighted by Gasteiger charge is 2.03. The first kappa shape index (κ1) is 16.0. The highest BCUT2D eigenvalue weighted by atomic mass is 16.1. The number of carbonyl (C=O) groups is 1. The van der Waals surface area contributed by atoms with Gasteiger partial charge in [-0.3, -0.25) is 9.78 Å². The van der Waals surface area contributed by atoms with Crippen molar-refractivity contribution < 1.29 is 4.79 Å². The van der Waals surface area contributed by atoms with Crippen LogP contribution in [0.1, 0.15) is 11.3 Å². The minimum atomic E-state index is -0.139. The van der Waals surface area contributed by atoms with Gasteiger partial charge >= 0.3 is 0 Å². The highest BCUT2D eigenvalue weighted by molar-refractivity contribution is 5.91. The molecule has 5 nitrogen and oxygen atoms in total. The molecule has 26 heavy (non-hydrogen) atoms. The molecule has 0 atom stereocenters. The molecule has 0 aliphatic heterocycles. The molecule has 0 radical (unpaired) electrons. The molecule has 0 unspecified atom stereocenters. The molecule has 5 heteroatoms. The van der Waals surface area contributed by atoms with E-state index in [1.807, 2.05) is 48.7 Å². The standard InChI is InChI=1S/C21H18N4O/c26-21(10-9-16-14-24-19-7-3-4-8-20(19)25-16)22-12-11-15-13-23-18-6-2-1-5-17(15)18/h1-10,13-14,23H,11-12H2,(H,22,26)/b10-9+. The van der Waals surface area contributed by atoms with E-state index in [2.05, 4.69) is 26.3 Å². The lowest BCUT2D eigenvalue weighted by atomic mass is 10.1. The van der Waals surface area contributed by atoms with E-state index in [0.29, 0.717) is 12.2 Å². The predicted molar refractivity (Wildman–Crippen MR) is 104 cm³/mol. The van der Waals surface area contributed by atoms with E-state index in [1.54, 1.807) is 12.3 Å². The molecular weight excluding hydrogens is 324 g/mol. The van der Waals surface area contributed by atoms with E-state index >= 15 is 0 Å². The Labute approximate surface area is 150 Å². The summed E-state index contributed by atoms with van der Waals surface area (Å²) in [4.78, 5) is 24.1. The molecule has 0 saturated heterocycles. The molecule has 4 aromatic rings. The number of nitrogens with one attached hydrogen (secondary N) is 2. The first-order chi connectivity index (χ1) is 12.8. The molecule has 2 aromatic heterocycles. The van der Waals surface area contributed by atoms with Crippen molar-refractivity contribution in [1.82, 2.24) is 20.3 Å². The molecule has 0 bridgehead atoms. The molecule has 4 rings (SSSR count). The Hall–Kier alpha value is -3.47. The van der Waals surface area contributed by atoms with E-state index in [4.69, 9.17) is 0 Å². The fourth-order valence-corrected chi connectivity index (χ4v) is 2.93. The maximum Gasteiger partial charge on any atom is 0.244 e. The summed E-state index contributed by atoms with van der Waals surface area (Å²) in [6.45, 7) is 0.578. The number of amides is 1. The molecule has 0 spiro atoms. The van der Waals surface area contributed by atoms with Gasteiger partial charge in [0.1, 0.15) is 0 Å². The van der Waals surface area contributed by atoms with Gasteiger partial charge < -0.3 is 10.3 Å². The molecule has 2 N–H and O–H groups in total. The van der Waals surface area contributed by atoms with Crippen LogP contribution in [0.5, 0.6) is 0 Å². The van der Waals surface area contributed by atoms with Gasteiger partial charge in [-0.2, -0.15) is 0 Å². The number of carbonyl (C=O) groups excluding carboxylic acids is 1. The Morgan fingerprint density at radius 1 is 1.08 bits per heavy atom. The lowest BCUT2D eigenvalue weighted by Gasteiger charge is -2.02. The van der Waals surface area contributed by atoms with Crippen molar-refractivity contribution in [3.05, 3.63) is 78.3 Å². The van der Waals surface area contributed by atoms with Crippen molar-refractivity contribution in [2.75, 3.05) is 6.54 Å². The van der Waals surface area contributed by atoms with Gasteiger partial charge in [0.25, 0.3) is 0 Å². The van der Waals surface area contributed by atoms with E-state index in [-0.39, 0.29) is 5.91 Å². The third-order valence-corrected chi connectivity index (χ3v) is 4.24. The van der Waals surface area contributed by atoms with Crippen molar-refractivity contribution in [3.63, 3.8) is 0 Å². The Balaban J connectivity index is 1.35. The van der Waals surface area contributed by atoms with Crippen LogP contribution in [0.15, 0.2) is 67.0 Å². The van der Waals surface area contributed by atoms with Crippen LogP contribution in [0.3, 0.4) is 0 Å². The number of nitrogens with zero attached hydrogens (tertiary/aromatic N) is 2. The third-order valence-electron chi connectivity index (χ3n) is 4.24. The zero-order valence-corrected chi connectivity index (χ0v) is 14.1. The van der Waals surface area contributed by atoms with Crippen LogP contribution in [-0.4, -0.2) is 27.4 Å². The number of aromatic amines is 1. The maximum atomic E-state index is 12.0. The minimum absolute atomic E-state index is 0.139. The molecule has 0 saturated carbocycles. The normalized spacial score (nSPS) is 11.4. The van der Waals surface area contributed by atoms with Crippen molar-refractivity contribution in [2.24, 2.45) is 0 Å². The van der Waals surface area contributed by atoms with Crippen LogP contribution < -0.4 is 5.32 Å². The van der Waals surface area contributed by atoms with Crippen LogP contribution in [0.2, 0.25) is 0 Å². The first-order valence-corrected chi connectivity index (χ1v) is 8.52. The largest absolute Gasteiger partial charge is 0.361 e. The number of aromatic nitrogens is 3. The van der Waals surface area contributed by atoms with Crippen LogP contribution >= 0.6 is 0 Å². The lowest BCUT2D eigenvalue weighted by Crippen LogP contribution is -2.23. The molecule has 0 aliphatic carbocycles. The van der Waals surface area contributed by atoms with Crippen molar-refractivity contribution in [3.8, 4) is 0 Å². The van der Waals surface area contributed by atoms with Gasteiger partial charge in [0.05, 0.1) is 22.9 Å². The Morgan fingerprint density at radius 2 is 1.88 bits per heavy atom. The van der Waals surface area contributed by atoms with Crippen LogP contribution in [-0.2, 0) is 11.2 Å². The number of hydrogen-bond donors (Lipinski definition) is 2. The van der Waals surface area contributed by atoms with Gasteiger partial charge in [0.2, 0.25) is 5.91 Å². The molecule has 0 fully saturated rings. The van der Waals surface area contributed by atoms with E-state index in [9.17, 15) is 4.79 Å². The topological polar surface area (TPSA) is 70.7 Å². The summed E-state index contributed by atoms with van der Waals surface area (Å²) in [6, 6.07) is 15.8. The number of para-hydroxylation sites is 3. The summed E-state index contributed by atoms with van der Waals surface area (Å²) >= 11 is 0. The van der Waals surface area contributed by atoms with Gasteiger partial charge in [-0.05, 0) is 36.3 Å². The molecule has 2 heterocycles. The summed E-state index contributed by atoms with van der Waals surface area (Å²) < 4.78 is 0. The number of H-pyrrole nitrogens is 1. The lowest BCUT2D eigenvalue weighted by molar-refractivity contribution is -0.116. The summed E-state index contributed by atoms with van der Waals surface area (Å²) in [6.07, 6.45) is 7.61. The van der Waals surface area contributed by atoms with Gasteiger partial charge in [-0.1, -0.05) is 30.3 Å². The number of benzene rings is 2. The fraction of sp³-hybridized carbons (Fsp3) is 0.0952. The maximum absolute atomic E-state index is 12.0. The highest BCUT2D eigenvalue weighted by Crippen LogP contribution is 2.17. The number of fused-ring (bicyclic) bond motifs is 2. The smallest absolute Gasteiger partial charge is 0.244 e. The summed E-state index contributed by atoms with van der Waals surface area (Å²) in [5.41, 5.74) is 4.63. The van der Waals surface area contributed by atoms with Crippen molar-refractivity contribution in [2.45, 2.75) is 6.42 Å². The summed E-state index contributed by atoms with van der Waals surface area (Å²) in [7, 11) is 0. The van der Waals surface area contributed by atoms with Crippen LogP contribution in [0, 0.1) is 0 Å². The quantitative estimate of drug-likeness (QED) is 0.546. The fourth-order valence-electron chi connectivity index (χ4n) is 2.93. The van der Waals surface area contributed by atoms with Gasteiger partial charge in [-0.15, -0.1) is 0 Å². The van der Waals surface area contributed by atoms with Crippen molar-refractivity contribution in [1.29, 1.82) is 0 Å². The number of rotatable bonds is 5. The van der Waals surface area contributed by atoms with Gasteiger partial charge in [-0.25, -0.2) is 4.98 Å². The molecule has 128 valence electrons.